The van der Waals surface area contributed by atoms with E-state index in [1.807, 2.05) is 0 Å². The van der Waals surface area contributed by atoms with Crippen LogP contribution in [0.3, 0.4) is 0 Å². The van der Waals surface area contributed by atoms with Crippen LogP contribution in [0.5, 0.6) is 0 Å². The fourth-order valence-electron chi connectivity index (χ4n) is 1.56. The summed E-state index contributed by atoms with van der Waals surface area (Å²) in [5, 5.41) is 3.39. The first kappa shape index (κ1) is 9.96. The molecular weight excluding hydrogens is 152 g/mol. The smallest absolute Gasteiger partial charge is 0.0474 e. The Labute approximate surface area is 75.1 Å². The fourth-order valence-corrected chi connectivity index (χ4v) is 1.56. The highest BCUT2D eigenvalue weighted by Gasteiger charge is 2.06. The van der Waals surface area contributed by atoms with Crippen molar-refractivity contribution in [2.24, 2.45) is 0 Å². The molecule has 0 atom stereocenters. The lowest BCUT2D eigenvalue weighted by Gasteiger charge is -2.18. The molecule has 0 spiro atoms. The number of nitrogens with one attached hydrogen (secondary N) is 1. The van der Waals surface area contributed by atoms with Gasteiger partial charge in [0.15, 0.2) is 0 Å². The molecule has 0 aromatic rings. The zero-order chi connectivity index (χ0) is 8.65. The van der Waals surface area contributed by atoms with E-state index in [4.69, 9.17) is 4.74 Å². The van der Waals surface area contributed by atoms with Crippen LogP contribution in [0.1, 0.15) is 12.8 Å². The highest BCUT2D eigenvalue weighted by Crippen LogP contribution is 1.96. The van der Waals surface area contributed by atoms with Crippen molar-refractivity contribution in [3.8, 4) is 0 Å². The molecule has 1 aliphatic rings. The summed E-state index contributed by atoms with van der Waals surface area (Å²) in [6.45, 7) is 6.85. The molecule has 1 saturated heterocycles. The van der Waals surface area contributed by atoms with Gasteiger partial charge in [0.05, 0.1) is 0 Å². The van der Waals surface area contributed by atoms with Crippen LogP contribution in [0.15, 0.2) is 0 Å². The standard InChI is InChI=1S/C9H20N2O/c1-12-9-3-7-11-6-2-4-10-5-8-11/h10H,2-9H2,1H3. The Bertz CT molecular complexity index is 101. The lowest BCUT2D eigenvalue weighted by Crippen LogP contribution is -2.29. The van der Waals surface area contributed by atoms with Gasteiger partial charge in [-0.2, -0.15) is 0 Å². The molecule has 1 N–H and O–H groups in total. The van der Waals surface area contributed by atoms with Crippen molar-refractivity contribution >= 4 is 0 Å². The van der Waals surface area contributed by atoms with Crippen molar-refractivity contribution in [3.05, 3.63) is 0 Å². The Morgan fingerprint density at radius 3 is 3.08 bits per heavy atom. The third-order valence-corrected chi connectivity index (χ3v) is 2.26. The van der Waals surface area contributed by atoms with Gasteiger partial charge < -0.3 is 15.0 Å². The van der Waals surface area contributed by atoms with Gasteiger partial charge in [0.1, 0.15) is 0 Å². The predicted molar refractivity (Wildman–Crippen MR) is 50.4 cm³/mol. The molecule has 0 aliphatic carbocycles. The molecule has 0 aromatic carbocycles. The summed E-state index contributed by atoms with van der Waals surface area (Å²) in [7, 11) is 1.77. The fraction of sp³-hybridized carbons (Fsp3) is 1.00. The summed E-state index contributed by atoms with van der Waals surface area (Å²) in [4.78, 5) is 2.51. The van der Waals surface area contributed by atoms with Crippen molar-refractivity contribution in [2.45, 2.75) is 12.8 Å². The van der Waals surface area contributed by atoms with Crippen LogP contribution >= 0.6 is 0 Å². The summed E-state index contributed by atoms with van der Waals surface area (Å²) >= 11 is 0. The predicted octanol–water partition coefficient (Wildman–Crippen LogP) is 0.318. The molecule has 0 saturated carbocycles. The van der Waals surface area contributed by atoms with E-state index in [9.17, 15) is 0 Å². The van der Waals surface area contributed by atoms with E-state index in [2.05, 4.69) is 10.2 Å². The summed E-state index contributed by atoms with van der Waals surface area (Å²) < 4.78 is 5.02. The van der Waals surface area contributed by atoms with Crippen LogP contribution in [0.4, 0.5) is 0 Å². The van der Waals surface area contributed by atoms with Gasteiger partial charge in [-0.1, -0.05) is 0 Å². The molecule has 1 aliphatic heterocycles. The van der Waals surface area contributed by atoms with Crippen molar-refractivity contribution in [3.63, 3.8) is 0 Å². The molecule has 1 fully saturated rings. The lowest BCUT2D eigenvalue weighted by molar-refractivity contribution is 0.174. The maximum Gasteiger partial charge on any atom is 0.0474 e. The summed E-state index contributed by atoms with van der Waals surface area (Å²) in [6.07, 6.45) is 2.45. The molecule has 1 rings (SSSR count). The first-order valence-electron chi connectivity index (χ1n) is 4.85. The molecule has 0 bridgehead atoms. The third-order valence-electron chi connectivity index (χ3n) is 2.26. The molecule has 72 valence electrons. The highest BCUT2D eigenvalue weighted by atomic mass is 16.5. The zero-order valence-corrected chi connectivity index (χ0v) is 8.01. The van der Waals surface area contributed by atoms with E-state index in [0.717, 1.165) is 19.6 Å². The van der Waals surface area contributed by atoms with Crippen LogP contribution < -0.4 is 5.32 Å². The van der Waals surface area contributed by atoms with Crippen LogP contribution in [0.25, 0.3) is 0 Å². The van der Waals surface area contributed by atoms with Crippen LogP contribution in [-0.2, 0) is 4.74 Å². The van der Waals surface area contributed by atoms with E-state index in [1.165, 1.54) is 32.6 Å². The largest absolute Gasteiger partial charge is 0.385 e. The van der Waals surface area contributed by atoms with Gasteiger partial charge in [0.25, 0.3) is 0 Å². The first-order valence-corrected chi connectivity index (χ1v) is 4.85. The number of methoxy groups -OCH3 is 1. The maximum absolute atomic E-state index is 5.02. The monoisotopic (exact) mass is 172 g/mol. The van der Waals surface area contributed by atoms with Crippen molar-refractivity contribution in [1.82, 2.24) is 10.2 Å². The topological polar surface area (TPSA) is 24.5 Å². The van der Waals surface area contributed by atoms with Crippen LogP contribution in [0.2, 0.25) is 0 Å². The molecule has 0 aromatic heterocycles. The van der Waals surface area contributed by atoms with Gasteiger partial charge in [0.2, 0.25) is 0 Å². The van der Waals surface area contributed by atoms with E-state index in [1.54, 1.807) is 7.11 Å². The van der Waals surface area contributed by atoms with Crippen molar-refractivity contribution in [1.29, 1.82) is 0 Å². The van der Waals surface area contributed by atoms with Gasteiger partial charge in [0, 0.05) is 33.4 Å². The van der Waals surface area contributed by atoms with E-state index < -0.39 is 0 Å². The van der Waals surface area contributed by atoms with E-state index >= 15 is 0 Å². The summed E-state index contributed by atoms with van der Waals surface area (Å²) in [6, 6.07) is 0. The summed E-state index contributed by atoms with van der Waals surface area (Å²) in [5.74, 6) is 0. The second-order valence-corrected chi connectivity index (χ2v) is 3.29. The highest BCUT2D eigenvalue weighted by molar-refractivity contribution is 4.65. The molecule has 12 heavy (non-hydrogen) atoms. The Balaban J connectivity index is 2.04. The van der Waals surface area contributed by atoms with E-state index in [-0.39, 0.29) is 0 Å². The summed E-state index contributed by atoms with van der Waals surface area (Å²) in [5.41, 5.74) is 0. The Hall–Kier alpha value is -0.120. The van der Waals surface area contributed by atoms with Crippen LogP contribution in [-0.4, -0.2) is 51.3 Å². The normalized spacial score (nSPS) is 20.8. The quantitative estimate of drug-likeness (QED) is 0.618. The van der Waals surface area contributed by atoms with Gasteiger partial charge in [-0.15, -0.1) is 0 Å². The average molecular weight is 172 g/mol. The van der Waals surface area contributed by atoms with Gasteiger partial charge in [-0.25, -0.2) is 0 Å². The van der Waals surface area contributed by atoms with Gasteiger partial charge in [-0.05, 0) is 25.9 Å². The number of hydrogen-bond donors (Lipinski definition) is 1. The van der Waals surface area contributed by atoms with E-state index in [0.29, 0.717) is 0 Å². The SMILES string of the molecule is COCCCN1CCCNCC1. The minimum absolute atomic E-state index is 0.893. The molecule has 0 radical (unpaired) electrons. The number of hydrogen-bond acceptors (Lipinski definition) is 3. The third kappa shape index (κ3) is 4.04. The molecule has 3 nitrogen and oxygen atoms in total. The van der Waals surface area contributed by atoms with Crippen LogP contribution in [0, 0.1) is 0 Å². The number of ether oxygens (including phenoxy) is 1. The minimum Gasteiger partial charge on any atom is -0.385 e. The second-order valence-electron chi connectivity index (χ2n) is 3.29. The maximum atomic E-state index is 5.02. The molecule has 0 amide bonds. The molecule has 0 unspecified atom stereocenters. The Morgan fingerprint density at radius 1 is 1.33 bits per heavy atom. The Kier molecular flexibility index (Phi) is 5.32. The Morgan fingerprint density at radius 2 is 2.25 bits per heavy atom. The average Bonchev–Trinajstić information content (AvgIpc) is 2.33. The van der Waals surface area contributed by atoms with Crippen molar-refractivity contribution in [2.75, 3.05) is 46.4 Å². The first-order chi connectivity index (χ1) is 5.93. The zero-order valence-electron chi connectivity index (χ0n) is 8.01. The molecule has 3 heteroatoms. The second kappa shape index (κ2) is 6.40. The van der Waals surface area contributed by atoms with Gasteiger partial charge in [-0.3, -0.25) is 0 Å². The molecule has 1 heterocycles. The number of nitrogens with zero attached hydrogens (tertiary/aromatic N) is 1. The van der Waals surface area contributed by atoms with Crippen molar-refractivity contribution < 1.29 is 4.74 Å². The minimum atomic E-state index is 0.893. The molecular formula is C9H20N2O. The van der Waals surface area contributed by atoms with Gasteiger partial charge >= 0.3 is 0 Å². The number of rotatable bonds is 4. The lowest BCUT2D eigenvalue weighted by atomic mass is 10.3.